The molecule has 16 heavy (non-hydrogen) atoms. The van der Waals surface area contributed by atoms with Gasteiger partial charge in [0.1, 0.15) is 0 Å². The van der Waals surface area contributed by atoms with Gasteiger partial charge in [-0.1, -0.05) is 13.0 Å². The molecule has 94 valence electrons. The summed E-state index contributed by atoms with van der Waals surface area (Å²) in [6.45, 7) is 11.3. The molecule has 0 saturated carbocycles. The van der Waals surface area contributed by atoms with Gasteiger partial charge in [0.05, 0.1) is 5.60 Å². The predicted molar refractivity (Wildman–Crippen MR) is 69.7 cm³/mol. The molecule has 0 aromatic rings. The van der Waals surface area contributed by atoms with Crippen LogP contribution in [0.1, 0.15) is 52.9 Å². The van der Waals surface area contributed by atoms with Crippen LogP contribution in [-0.2, 0) is 4.74 Å². The number of allylic oxidation sites excluding steroid dienone is 1. The zero-order chi connectivity index (χ0) is 12.0. The molecule has 2 unspecified atom stereocenters. The lowest BCUT2D eigenvalue weighted by molar-refractivity contribution is -0.0642. The number of hydrogen-bond donors (Lipinski definition) is 1. The summed E-state index contributed by atoms with van der Waals surface area (Å²) in [5, 5.41) is 3.77. The van der Waals surface area contributed by atoms with Gasteiger partial charge in [0.15, 0.2) is 0 Å². The summed E-state index contributed by atoms with van der Waals surface area (Å²) < 4.78 is 5.74. The maximum absolute atomic E-state index is 5.74. The van der Waals surface area contributed by atoms with Gasteiger partial charge in [-0.25, -0.2) is 0 Å². The van der Waals surface area contributed by atoms with Gasteiger partial charge in [0.25, 0.3) is 0 Å². The lowest BCUT2D eigenvalue weighted by Crippen LogP contribution is -2.47. The molecule has 0 amide bonds. The molecule has 1 fully saturated rings. The average molecular weight is 225 g/mol. The van der Waals surface area contributed by atoms with Crippen LogP contribution in [0.4, 0.5) is 0 Å². The highest BCUT2D eigenvalue weighted by molar-refractivity contribution is 4.85. The van der Waals surface area contributed by atoms with Crippen LogP contribution < -0.4 is 5.32 Å². The normalized spacial score (nSPS) is 26.3. The van der Waals surface area contributed by atoms with Crippen LogP contribution in [0.25, 0.3) is 0 Å². The first-order valence-corrected chi connectivity index (χ1v) is 6.58. The van der Waals surface area contributed by atoms with E-state index in [1.54, 1.807) is 0 Å². The summed E-state index contributed by atoms with van der Waals surface area (Å²) in [7, 11) is 0. The summed E-state index contributed by atoms with van der Waals surface area (Å²) in [5.41, 5.74) is 0.0483. The van der Waals surface area contributed by atoms with Gasteiger partial charge in [-0.05, 0) is 46.0 Å². The van der Waals surface area contributed by atoms with Gasteiger partial charge < -0.3 is 10.1 Å². The van der Waals surface area contributed by atoms with Crippen LogP contribution in [0.3, 0.4) is 0 Å². The highest BCUT2D eigenvalue weighted by atomic mass is 16.5. The molecule has 0 aromatic heterocycles. The maximum atomic E-state index is 5.74. The molecule has 2 heteroatoms. The van der Waals surface area contributed by atoms with Crippen molar-refractivity contribution < 1.29 is 4.74 Å². The maximum Gasteiger partial charge on any atom is 0.0641 e. The Morgan fingerprint density at radius 2 is 2.31 bits per heavy atom. The molecule has 1 N–H and O–H groups in total. The highest BCUT2D eigenvalue weighted by Gasteiger charge is 2.29. The average Bonchev–Trinajstić information content (AvgIpc) is 2.22. The molecular weight excluding hydrogens is 198 g/mol. The summed E-state index contributed by atoms with van der Waals surface area (Å²) in [4.78, 5) is 0. The lowest BCUT2D eigenvalue weighted by Gasteiger charge is -2.37. The molecule has 1 aliphatic heterocycles. The van der Waals surface area contributed by atoms with Crippen molar-refractivity contribution >= 4 is 0 Å². The van der Waals surface area contributed by atoms with Crippen molar-refractivity contribution in [3.8, 4) is 0 Å². The molecule has 1 saturated heterocycles. The van der Waals surface area contributed by atoms with Crippen molar-refractivity contribution in [3.63, 3.8) is 0 Å². The number of rotatable bonds is 6. The molecule has 2 nitrogen and oxygen atoms in total. The molecule has 2 atom stereocenters. The minimum absolute atomic E-state index is 0.0483. The zero-order valence-corrected chi connectivity index (χ0v) is 11.1. The zero-order valence-electron chi connectivity index (χ0n) is 11.1. The van der Waals surface area contributed by atoms with Gasteiger partial charge in [-0.15, -0.1) is 6.58 Å². The van der Waals surface area contributed by atoms with Gasteiger partial charge in [-0.2, -0.15) is 0 Å². The standard InChI is InChI=1S/C14H27NO/c1-5-7-8-12(6-2)15-13-9-10-16-14(3,4)11-13/h5,12-13,15H,1,6-11H2,2-4H3. The smallest absolute Gasteiger partial charge is 0.0641 e. The van der Waals surface area contributed by atoms with E-state index < -0.39 is 0 Å². The van der Waals surface area contributed by atoms with Crippen LogP contribution in [0.15, 0.2) is 12.7 Å². The third-order valence-corrected chi connectivity index (χ3v) is 3.38. The third kappa shape index (κ3) is 4.67. The van der Waals surface area contributed by atoms with E-state index in [4.69, 9.17) is 4.74 Å². The molecule has 0 aliphatic carbocycles. The Morgan fingerprint density at radius 1 is 1.56 bits per heavy atom. The van der Waals surface area contributed by atoms with Crippen LogP contribution >= 0.6 is 0 Å². The predicted octanol–water partition coefficient (Wildman–Crippen LogP) is 3.28. The first kappa shape index (κ1) is 13.7. The van der Waals surface area contributed by atoms with Crippen molar-refractivity contribution in [2.24, 2.45) is 0 Å². The van der Waals surface area contributed by atoms with E-state index in [1.165, 1.54) is 12.8 Å². The molecule has 0 radical (unpaired) electrons. The van der Waals surface area contributed by atoms with E-state index in [0.717, 1.165) is 25.9 Å². The van der Waals surface area contributed by atoms with Crippen LogP contribution in [0, 0.1) is 0 Å². The van der Waals surface area contributed by atoms with Gasteiger partial charge in [0, 0.05) is 18.7 Å². The number of nitrogens with one attached hydrogen (secondary N) is 1. The van der Waals surface area contributed by atoms with E-state index in [9.17, 15) is 0 Å². The Balaban J connectivity index is 2.36. The van der Waals surface area contributed by atoms with E-state index in [2.05, 4.69) is 32.7 Å². The second-order valence-electron chi connectivity index (χ2n) is 5.44. The summed E-state index contributed by atoms with van der Waals surface area (Å²) >= 11 is 0. The third-order valence-electron chi connectivity index (χ3n) is 3.38. The monoisotopic (exact) mass is 225 g/mol. The first-order valence-electron chi connectivity index (χ1n) is 6.58. The molecule has 0 aromatic carbocycles. The van der Waals surface area contributed by atoms with Crippen molar-refractivity contribution in [1.82, 2.24) is 5.32 Å². The van der Waals surface area contributed by atoms with Crippen molar-refractivity contribution in [3.05, 3.63) is 12.7 Å². The molecule has 1 rings (SSSR count). The van der Waals surface area contributed by atoms with E-state index in [1.807, 2.05) is 6.08 Å². The Bertz CT molecular complexity index is 213. The van der Waals surface area contributed by atoms with Gasteiger partial charge in [-0.3, -0.25) is 0 Å². The Hall–Kier alpha value is -0.340. The summed E-state index contributed by atoms with van der Waals surface area (Å²) in [5.74, 6) is 0. The summed E-state index contributed by atoms with van der Waals surface area (Å²) in [6.07, 6.45) is 7.80. The largest absolute Gasteiger partial charge is 0.375 e. The molecule has 0 bridgehead atoms. The Labute approximate surface area is 100 Å². The molecule has 1 heterocycles. The van der Waals surface area contributed by atoms with Crippen molar-refractivity contribution in [2.75, 3.05) is 6.61 Å². The highest BCUT2D eigenvalue weighted by Crippen LogP contribution is 2.24. The second-order valence-corrected chi connectivity index (χ2v) is 5.44. The van der Waals surface area contributed by atoms with Crippen molar-refractivity contribution in [2.45, 2.75) is 70.6 Å². The SMILES string of the molecule is C=CCCC(CC)NC1CCOC(C)(C)C1. The van der Waals surface area contributed by atoms with E-state index in [-0.39, 0.29) is 5.60 Å². The summed E-state index contributed by atoms with van der Waals surface area (Å²) in [6, 6.07) is 1.26. The van der Waals surface area contributed by atoms with Gasteiger partial charge >= 0.3 is 0 Å². The number of ether oxygens (including phenoxy) is 1. The fourth-order valence-electron chi connectivity index (χ4n) is 2.43. The first-order chi connectivity index (χ1) is 7.57. The fraction of sp³-hybridized carbons (Fsp3) is 0.857. The van der Waals surface area contributed by atoms with E-state index in [0.29, 0.717) is 12.1 Å². The quantitative estimate of drug-likeness (QED) is 0.700. The van der Waals surface area contributed by atoms with E-state index >= 15 is 0 Å². The molecule has 1 aliphatic rings. The Morgan fingerprint density at radius 3 is 2.88 bits per heavy atom. The minimum Gasteiger partial charge on any atom is -0.375 e. The van der Waals surface area contributed by atoms with Crippen LogP contribution in [-0.4, -0.2) is 24.3 Å². The number of hydrogen-bond acceptors (Lipinski definition) is 2. The van der Waals surface area contributed by atoms with Crippen molar-refractivity contribution in [1.29, 1.82) is 0 Å². The molecular formula is C14H27NO. The van der Waals surface area contributed by atoms with Gasteiger partial charge in [0.2, 0.25) is 0 Å². The molecule has 0 spiro atoms. The Kier molecular flexibility index (Phi) is 5.50. The minimum atomic E-state index is 0.0483. The van der Waals surface area contributed by atoms with Crippen LogP contribution in [0.2, 0.25) is 0 Å². The topological polar surface area (TPSA) is 21.3 Å². The lowest BCUT2D eigenvalue weighted by atomic mass is 9.93. The second kappa shape index (κ2) is 6.41. The fourth-order valence-corrected chi connectivity index (χ4v) is 2.43. The van der Waals surface area contributed by atoms with Crippen LogP contribution in [0.5, 0.6) is 0 Å².